The molecule has 7 nitrogen and oxygen atoms in total. The molecule has 0 spiro atoms. The number of amides is 1. The van der Waals surface area contributed by atoms with Crippen LogP contribution in [0.25, 0.3) is 11.3 Å². The van der Waals surface area contributed by atoms with Crippen LogP contribution in [0.15, 0.2) is 53.6 Å². The smallest absolute Gasteiger partial charge is 0.266 e. The van der Waals surface area contributed by atoms with Crippen molar-refractivity contribution in [3.05, 3.63) is 59.2 Å². The van der Waals surface area contributed by atoms with Gasteiger partial charge in [0.1, 0.15) is 0 Å². The molecule has 1 aliphatic carbocycles. The van der Waals surface area contributed by atoms with Crippen molar-refractivity contribution in [2.75, 3.05) is 32.7 Å². The lowest BCUT2D eigenvalue weighted by molar-refractivity contribution is -0.136. The second-order valence-electron chi connectivity index (χ2n) is 7.33. The van der Waals surface area contributed by atoms with E-state index in [2.05, 4.69) is 27.1 Å². The topological polar surface area (TPSA) is 71.3 Å². The van der Waals surface area contributed by atoms with Crippen LogP contribution in [0.1, 0.15) is 12.8 Å². The van der Waals surface area contributed by atoms with Gasteiger partial charge in [0.25, 0.3) is 5.56 Å². The number of rotatable bonds is 5. The standard InChI is InChI=1S/C21H25N5O2/c27-20-8-7-19(18-6-3-9-22-16-18)23-26(20)15-12-24-10-13-25(14-11-24)21(28)17-4-1-2-5-17/h1-3,6-9,16-17H,4-5,10-15H2. The van der Waals surface area contributed by atoms with Crippen LogP contribution < -0.4 is 5.56 Å². The van der Waals surface area contributed by atoms with Gasteiger partial charge in [-0.25, -0.2) is 4.68 Å². The molecule has 2 aromatic heterocycles. The molecule has 1 aliphatic heterocycles. The van der Waals surface area contributed by atoms with Crippen LogP contribution in [-0.4, -0.2) is 63.2 Å². The van der Waals surface area contributed by atoms with Gasteiger partial charge < -0.3 is 4.90 Å². The number of hydrogen-bond acceptors (Lipinski definition) is 5. The number of carbonyl (C=O) groups excluding carboxylic acids is 1. The van der Waals surface area contributed by atoms with Gasteiger partial charge in [0, 0.05) is 62.7 Å². The van der Waals surface area contributed by atoms with Crippen LogP contribution in [0, 0.1) is 5.92 Å². The van der Waals surface area contributed by atoms with Crippen molar-refractivity contribution < 1.29 is 4.79 Å². The van der Waals surface area contributed by atoms with Crippen molar-refractivity contribution in [2.24, 2.45) is 5.92 Å². The van der Waals surface area contributed by atoms with E-state index in [4.69, 9.17) is 0 Å². The maximum Gasteiger partial charge on any atom is 0.266 e. The van der Waals surface area contributed by atoms with E-state index in [1.165, 1.54) is 4.68 Å². The summed E-state index contributed by atoms with van der Waals surface area (Å²) in [7, 11) is 0. The minimum absolute atomic E-state index is 0.102. The Hall–Kier alpha value is -2.80. The van der Waals surface area contributed by atoms with E-state index in [0.717, 1.165) is 56.8 Å². The molecule has 0 N–H and O–H groups in total. The molecule has 2 aliphatic rings. The third kappa shape index (κ3) is 4.20. The molecule has 0 atom stereocenters. The summed E-state index contributed by atoms with van der Waals surface area (Å²) in [5.74, 6) is 0.427. The summed E-state index contributed by atoms with van der Waals surface area (Å²) < 4.78 is 1.52. The maximum atomic E-state index is 12.5. The zero-order chi connectivity index (χ0) is 19.3. The maximum absolute atomic E-state index is 12.5. The quantitative estimate of drug-likeness (QED) is 0.735. The molecule has 146 valence electrons. The molecule has 2 aromatic rings. The van der Waals surface area contributed by atoms with E-state index < -0.39 is 0 Å². The molecule has 28 heavy (non-hydrogen) atoms. The Morgan fingerprint density at radius 1 is 1.04 bits per heavy atom. The highest BCUT2D eigenvalue weighted by molar-refractivity contribution is 5.79. The van der Waals surface area contributed by atoms with Crippen LogP contribution in [0.5, 0.6) is 0 Å². The first kappa shape index (κ1) is 18.6. The number of nitrogens with zero attached hydrogens (tertiary/aromatic N) is 5. The lowest BCUT2D eigenvalue weighted by Crippen LogP contribution is -2.50. The van der Waals surface area contributed by atoms with E-state index >= 15 is 0 Å². The zero-order valence-electron chi connectivity index (χ0n) is 15.9. The van der Waals surface area contributed by atoms with Crippen molar-refractivity contribution in [2.45, 2.75) is 19.4 Å². The monoisotopic (exact) mass is 379 g/mol. The molecule has 3 heterocycles. The van der Waals surface area contributed by atoms with E-state index in [0.29, 0.717) is 6.54 Å². The highest BCUT2D eigenvalue weighted by atomic mass is 16.2. The molecular weight excluding hydrogens is 354 g/mol. The number of carbonyl (C=O) groups is 1. The first-order valence-corrected chi connectivity index (χ1v) is 9.85. The second-order valence-corrected chi connectivity index (χ2v) is 7.33. The second kappa shape index (κ2) is 8.48. The SMILES string of the molecule is O=C(C1CC=CC1)N1CCN(CCn2nc(-c3cccnc3)ccc2=O)CC1. The van der Waals surface area contributed by atoms with Gasteiger partial charge in [0.05, 0.1) is 12.2 Å². The first-order chi connectivity index (χ1) is 13.7. The molecule has 1 amide bonds. The van der Waals surface area contributed by atoms with Crippen LogP contribution in [0.4, 0.5) is 0 Å². The Bertz CT molecular complexity index is 893. The van der Waals surface area contributed by atoms with Crippen molar-refractivity contribution in [3.8, 4) is 11.3 Å². The average Bonchev–Trinajstić information content (AvgIpc) is 3.29. The van der Waals surface area contributed by atoms with Crippen molar-refractivity contribution in [1.29, 1.82) is 0 Å². The molecule has 0 aromatic carbocycles. The van der Waals surface area contributed by atoms with Crippen molar-refractivity contribution >= 4 is 5.91 Å². The highest BCUT2D eigenvalue weighted by Gasteiger charge is 2.27. The Balaban J connectivity index is 1.32. The summed E-state index contributed by atoms with van der Waals surface area (Å²) in [6.45, 7) is 4.47. The summed E-state index contributed by atoms with van der Waals surface area (Å²) in [6, 6.07) is 7.08. The van der Waals surface area contributed by atoms with Crippen LogP contribution in [-0.2, 0) is 11.3 Å². The fourth-order valence-corrected chi connectivity index (χ4v) is 3.78. The van der Waals surface area contributed by atoms with E-state index in [1.807, 2.05) is 17.0 Å². The molecule has 1 fully saturated rings. The third-order valence-electron chi connectivity index (χ3n) is 5.49. The van der Waals surface area contributed by atoms with Crippen LogP contribution >= 0.6 is 0 Å². The Kier molecular flexibility index (Phi) is 5.62. The number of pyridine rings is 1. The predicted octanol–water partition coefficient (Wildman–Crippen LogP) is 1.42. The number of aromatic nitrogens is 3. The fraction of sp³-hybridized carbons (Fsp3) is 0.429. The number of hydrogen-bond donors (Lipinski definition) is 0. The molecule has 0 bridgehead atoms. The van der Waals surface area contributed by atoms with Gasteiger partial charge in [-0.15, -0.1) is 0 Å². The Morgan fingerprint density at radius 2 is 1.82 bits per heavy atom. The van der Waals surface area contributed by atoms with Gasteiger partial charge in [-0.1, -0.05) is 12.2 Å². The fourth-order valence-electron chi connectivity index (χ4n) is 3.78. The predicted molar refractivity (Wildman–Crippen MR) is 107 cm³/mol. The van der Waals surface area contributed by atoms with E-state index in [1.54, 1.807) is 24.5 Å². The van der Waals surface area contributed by atoms with Crippen LogP contribution in [0.3, 0.4) is 0 Å². The molecule has 7 heteroatoms. The molecular formula is C21H25N5O2. The average molecular weight is 379 g/mol. The van der Waals surface area contributed by atoms with Gasteiger partial charge in [0.2, 0.25) is 5.91 Å². The molecule has 0 unspecified atom stereocenters. The minimum atomic E-state index is -0.102. The summed E-state index contributed by atoms with van der Waals surface area (Å²) in [5, 5.41) is 4.49. The van der Waals surface area contributed by atoms with Gasteiger partial charge in [-0.3, -0.25) is 19.5 Å². The Labute approximate surface area is 164 Å². The summed E-state index contributed by atoms with van der Waals surface area (Å²) >= 11 is 0. The van der Waals surface area contributed by atoms with Crippen LogP contribution in [0.2, 0.25) is 0 Å². The molecule has 0 radical (unpaired) electrons. The molecule has 4 rings (SSSR count). The van der Waals surface area contributed by atoms with Gasteiger partial charge in [0.15, 0.2) is 0 Å². The van der Waals surface area contributed by atoms with E-state index in [-0.39, 0.29) is 17.4 Å². The first-order valence-electron chi connectivity index (χ1n) is 9.85. The molecule has 1 saturated heterocycles. The number of piperazine rings is 1. The van der Waals surface area contributed by atoms with E-state index in [9.17, 15) is 9.59 Å². The van der Waals surface area contributed by atoms with Gasteiger partial charge in [-0.2, -0.15) is 5.10 Å². The normalized spacial score (nSPS) is 17.9. The lowest BCUT2D eigenvalue weighted by Gasteiger charge is -2.36. The molecule has 0 saturated carbocycles. The lowest BCUT2D eigenvalue weighted by atomic mass is 10.1. The largest absolute Gasteiger partial charge is 0.340 e. The zero-order valence-corrected chi connectivity index (χ0v) is 15.9. The minimum Gasteiger partial charge on any atom is -0.340 e. The Morgan fingerprint density at radius 3 is 2.54 bits per heavy atom. The van der Waals surface area contributed by atoms with Crippen molar-refractivity contribution in [1.82, 2.24) is 24.6 Å². The highest BCUT2D eigenvalue weighted by Crippen LogP contribution is 2.21. The third-order valence-corrected chi connectivity index (χ3v) is 5.49. The summed E-state index contributed by atoms with van der Waals surface area (Å²) in [4.78, 5) is 33.1. The van der Waals surface area contributed by atoms with Gasteiger partial charge >= 0.3 is 0 Å². The summed E-state index contributed by atoms with van der Waals surface area (Å²) in [6.07, 6.45) is 9.41. The number of allylic oxidation sites excluding steroid dienone is 2. The van der Waals surface area contributed by atoms with Crippen molar-refractivity contribution in [3.63, 3.8) is 0 Å². The van der Waals surface area contributed by atoms with Gasteiger partial charge in [-0.05, 0) is 31.0 Å². The summed E-state index contributed by atoms with van der Waals surface area (Å²) in [5.41, 5.74) is 1.54.